The molecule has 0 aromatic carbocycles. The first-order chi connectivity index (χ1) is 9.55. The second kappa shape index (κ2) is 7.51. The molecule has 1 aliphatic heterocycles. The highest BCUT2D eigenvalue weighted by molar-refractivity contribution is 7.88. The third-order valence-corrected chi connectivity index (χ3v) is 5.61. The molecule has 0 spiro atoms. The summed E-state index contributed by atoms with van der Waals surface area (Å²) in [5, 5.41) is 7.74. The Balaban J connectivity index is 1.55. The SMILES string of the molecule is CS(=O)(=O)N1CCN(CCNCCc2ccsc2)CC1. The van der Waals surface area contributed by atoms with E-state index in [2.05, 4.69) is 27.0 Å². The largest absolute Gasteiger partial charge is 0.315 e. The summed E-state index contributed by atoms with van der Waals surface area (Å²) in [7, 11) is -3.01. The van der Waals surface area contributed by atoms with Crippen molar-refractivity contribution >= 4 is 21.4 Å². The van der Waals surface area contributed by atoms with Gasteiger partial charge >= 0.3 is 0 Å². The third kappa shape index (κ3) is 5.14. The molecule has 7 heteroatoms. The van der Waals surface area contributed by atoms with Crippen LogP contribution >= 0.6 is 11.3 Å². The summed E-state index contributed by atoms with van der Waals surface area (Å²) in [5.74, 6) is 0. The van der Waals surface area contributed by atoms with Gasteiger partial charge in [0.25, 0.3) is 0 Å². The smallest absolute Gasteiger partial charge is 0.211 e. The minimum Gasteiger partial charge on any atom is -0.315 e. The highest BCUT2D eigenvalue weighted by Crippen LogP contribution is 2.06. The predicted octanol–water partition coefficient (Wildman–Crippen LogP) is 0.457. The Morgan fingerprint density at radius 2 is 2.00 bits per heavy atom. The Morgan fingerprint density at radius 1 is 1.25 bits per heavy atom. The number of nitrogens with one attached hydrogen (secondary N) is 1. The molecule has 1 aliphatic rings. The van der Waals surface area contributed by atoms with Crippen LogP contribution < -0.4 is 5.32 Å². The number of nitrogens with zero attached hydrogens (tertiary/aromatic N) is 2. The van der Waals surface area contributed by atoms with E-state index in [4.69, 9.17) is 0 Å². The van der Waals surface area contributed by atoms with Crippen molar-refractivity contribution in [3.63, 3.8) is 0 Å². The highest BCUT2D eigenvalue weighted by atomic mass is 32.2. The first-order valence-electron chi connectivity index (χ1n) is 6.95. The first-order valence-corrected chi connectivity index (χ1v) is 9.74. The van der Waals surface area contributed by atoms with Gasteiger partial charge in [0.05, 0.1) is 6.26 Å². The molecule has 1 fully saturated rings. The topological polar surface area (TPSA) is 52.7 Å². The molecule has 0 atom stereocenters. The van der Waals surface area contributed by atoms with E-state index in [9.17, 15) is 8.42 Å². The summed E-state index contributed by atoms with van der Waals surface area (Å²) >= 11 is 1.74. The van der Waals surface area contributed by atoms with Gasteiger partial charge in [-0.05, 0) is 35.4 Å². The number of hydrogen-bond acceptors (Lipinski definition) is 5. The average Bonchev–Trinajstić information content (AvgIpc) is 2.91. The van der Waals surface area contributed by atoms with Crippen molar-refractivity contribution in [3.05, 3.63) is 22.4 Å². The van der Waals surface area contributed by atoms with Crippen molar-refractivity contribution in [2.75, 3.05) is 52.1 Å². The van der Waals surface area contributed by atoms with Crippen LogP contribution in [0, 0.1) is 0 Å². The first kappa shape index (κ1) is 15.9. The molecule has 0 amide bonds. The summed E-state index contributed by atoms with van der Waals surface area (Å²) in [6.45, 7) is 5.85. The number of sulfonamides is 1. The number of rotatable bonds is 7. The van der Waals surface area contributed by atoms with Crippen molar-refractivity contribution in [1.29, 1.82) is 0 Å². The Bertz CT molecular complexity index is 480. The molecule has 0 radical (unpaired) electrons. The van der Waals surface area contributed by atoms with Crippen molar-refractivity contribution in [1.82, 2.24) is 14.5 Å². The lowest BCUT2D eigenvalue weighted by Gasteiger charge is -2.33. The Hall–Kier alpha value is -0.470. The molecule has 1 saturated heterocycles. The van der Waals surface area contributed by atoms with E-state index in [0.29, 0.717) is 13.1 Å². The molecule has 0 aliphatic carbocycles. The predicted molar refractivity (Wildman–Crippen MR) is 83.7 cm³/mol. The fourth-order valence-corrected chi connectivity index (χ4v) is 3.84. The fraction of sp³-hybridized carbons (Fsp3) is 0.692. The Labute approximate surface area is 125 Å². The summed E-state index contributed by atoms with van der Waals surface area (Å²) in [5.41, 5.74) is 1.39. The van der Waals surface area contributed by atoms with Gasteiger partial charge in [0.15, 0.2) is 0 Å². The summed E-state index contributed by atoms with van der Waals surface area (Å²) in [6, 6.07) is 2.16. The molecule has 0 unspecified atom stereocenters. The monoisotopic (exact) mass is 317 g/mol. The molecule has 1 aromatic rings. The highest BCUT2D eigenvalue weighted by Gasteiger charge is 2.22. The molecule has 1 N–H and O–H groups in total. The second-order valence-corrected chi connectivity index (χ2v) is 7.90. The van der Waals surface area contributed by atoms with Crippen LogP contribution in [0.1, 0.15) is 5.56 Å². The zero-order chi connectivity index (χ0) is 14.4. The van der Waals surface area contributed by atoms with Crippen LogP contribution in [0.25, 0.3) is 0 Å². The summed E-state index contributed by atoms with van der Waals surface area (Å²) in [6.07, 6.45) is 2.36. The molecule has 5 nitrogen and oxygen atoms in total. The van der Waals surface area contributed by atoms with E-state index in [0.717, 1.165) is 39.1 Å². The maximum absolute atomic E-state index is 11.4. The van der Waals surface area contributed by atoms with E-state index in [1.54, 1.807) is 15.6 Å². The second-order valence-electron chi connectivity index (χ2n) is 5.14. The molecule has 0 saturated carbocycles. The van der Waals surface area contributed by atoms with Crippen LogP contribution in [0.2, 0.25) is 0 Å². The van der Waals surface area contributed by atoms with Crippen LogP contribution in [-0.4, -0.2) is 69.7 Å². The lowest BCUT2D eigenvalue weighted by Crippen LogP contribution is -2.49. The van der Waals surface area contributed by atoms with E-state index >= 15 is 0 Å². The normalized spacial score (nSPS) is 18.4. The van der Waals surface area contributed by atoms with Crippen LogP contribution in [0.15, 0.2) is 16.8 Å². The van der Waals surface area contributed by atoms with Crippen molar-refractivity contribution in [2.24, 2.45) is 0 Å². The summed E-state index contributed by atoms with van der Waals surface area (Å²) < 4.78 is 24.4. The Morgan fingerprint density at radius 3 is 2.60 bits per heavy atom. The zero-order valence-electron chi connectivity index (χ0n) is 11.9. The third-order valence-electron chi connectivity index (χ3n) is 3.58. The van der Waals surface area contributed by atoms with Gasteiger partial charge in [0, 0.05) is 39.3 Å². The minimum atomic E-state index is -3.01. The quantitative estimate of drug-likeness (QED) is 0.742. The van der Waals surface area contributed by atoms with Crippen LogP contribution in [-0.2, 0) is 16.4 Å². The number of hydrogen-bond donors (Lipinski definition) is 1. The Kier molecular flexibility index (Phi) is 5.98. The van der Waals surface area contributed by atoms with E-state index < -0.39 is 10.0 Å². The van der Waals surface area contributed by atoms with Gasteiger partial charge in [-0.1, -0.05) is 0 Å². The summed E-state index contributed by atoms with van der Waals surface area (Å²) in [4.78, 5) is 2.32. The van der Waals surface area contributed by atoms with Gasteiger partial charge in [-0.25, -0.2) is 8.42 Å². The molecule has 2 rings (SSSR count). The number of thiophene rings is 1. The maximum Gasteiger partial charge on any atom is 0.211 e. The van der Waals surface area contributed by atoms with Gasteiger partial charge in [-0.3, -0.25) is 4.90 Å². The minimum absolute atomic E-state index is 0.619. The standard InChI is InChI=1S/C13H23N3O2S2/c1-20(17,18)16-9-7-15(8-10-16)6-5-14-4-2-13-3-11-19-12-13/h3,11-12,14H,2,4-10H2,1H3. The van der Waals surface area contributed by atoms with Gasteiger partial charge in [-0.15, -0.1) is 0 Å². The van der Waals surface area contributed by atoms with Gasteiger partial charge in [-0.2, -0.15) is 15.6 Å². The van der Waals surface area contributed by atoms with E-state index in [1.165, 1.54) is 11.8 Å². The van der Waals surface area contributed by atoms with Crippen molar-refractivity contribution in [3.8, 4) is 0 Å². The molecular weight excluding hydrogens is 294 g/mol. The molecule has 0 bridgehead atoms. The lowest BCUT2D eigenvalue weighted by atomic mass is 10.2. The fourth-order valence-electron chi connectivity index (χ4n) is 2.31. The molecule has 1 aromatic heterocycles. The molecule has 2 heterocycles. The maximum atomic E-state index is 11.4. The number of piperazine rings is 1. The van der Waals surface area contributed by atoms with Crippen LogP contribution in [0.5, 0.6) is 0 Å². The van der Waals surface area contributed by atoms with Crippen LogP contribution in [0.3, 0.4) is 0 Å². The van der Waals surface area contributed by atoms with E-state index in [1.807, 2.05) is 0 Å². The van der Waals surface area contributed by atoms with Gasteiger partial charge in [0.1, 0.15) is 0 Å². The van der Waals surface area contributed by atoms with Gasteiger partial charge < -0.3 is 5.32 Å². The molecule has 114 valence electrons. The van der Waals surface area contributed by atoms with Gasteiger partial charge in [0.2, 0.25) is 10.0 Å². The molecule has 20 heavy (non-hydrogen) atoms. The molecular formula is C13H23N3O2S2. The van der Waals surface area contributed by atoms with Crippen LogP contribution in [0.4, 0.5) is 0 Å². The van der Waals surface area contributed by atoms with Crippen molar-refractivity contribution in [2.45, 2.75) is 6.42 Å². The van der Waals surface area contributed by atoms with E-state index in [-0.39, 0.29) is 0 Å². The zero-order valence-corrected chi connectivity index (χ0v) is 13.5. The average molecular weight is 317 g/mol. The lowest BCUT2D eigenvalue weighted by molar-refractivity contribution is 0.189. The van der Waals surface area contributed by atoms with Crippen molar-refractivity contribution < 1.29 is 8.42 Å².